The Morgan fingerprint density at radius 2 is 2.21 bits per heavy atom. The van der Waals surface area contributed by atoms with Crippen LogP contribution in [0.5, 0.6) is 0 Å². The molecule has 3 rings (SSSR count). The topological polar surface area (TPSA) is 42.7 Å². The van der Waals surface area contributed by atoms with Gasteiger partial charge in [0.2, 0.25) is 0 Å². The van der Waals surface area contributed by atoms with Crippen LogP contribution in [0.4, 0.5) is 0 Å². The van der Waals surface area contributed by atoms with Gasteiger partial charge in [0.15, 0.2) is 0 Å². The predicted octanol–water partition coefficient (Wildman–Crippen LogP) is 1.88. The Labute approximate surface area is 113 Å². The summed E-state index contributed by atoms with van der Waals surface area (Å²) in [6, 6.07) is 9.18. The van der Waals surface area contributed by atoms with Crippen molar-refractivity contribution in [2.75, 3.05) is 7.05 Å². The van der Waals surface area contributed by atoms with E-state index < -0.39 is 0 Å². The second-order valence-electron chi connectivity index (χ2n) is 5.27. The highest BCUT2D eigenvalue weighted by molar-refractivity contribution is 5.33. The summed E-state index contributed by atoms with van der Waals surface area (Å²) in [6.45, 7) is 0. The van der Waals surface area contributed by atoms with Gasteiger partial charge < -0.3 is 5.32 Å². The van der Waals surface area contributed by atoms with Crippen LogP contribution in [0.1, 0.15) is 29.4 Å². The van der Waals surface area contributed by atoms with Crippen LogP contribution in [0.2, 0.25) is 0 Å². The molecule has 0 saturated carbocycles. The quantitative estimate of drug-likeness (QED) is 0.912. The van der Waals surface area contributed by atoms with Gasteiger partial charge >= 0.3 is 0 Å². The molecule has 0 spiro atoms. The zero-order valence-corrected chi connectivity index (χ0v) is 11.5. The number of hydrogen-bond donors (Lipinski definition) is 1. The van der Waals surface area contributed by atoms with E-state index in [4.69, 9.17) is 0 Å². The van der Waals surface area contributed by atoms with Gasteiger partial charge in [-0.25, -0.2) is 4.98 Å². The van der Waals surface area contributed by atoms with Crippen LogP contribution in [-0.4, -0.2) is 21.8 Å². The first kappa shape index (κ1) is 12.4. The van der Waals surface area contributed by atoms with Crippen molar-refractivity contribution in [2.45, 2.75) is 25.3 Å². The molecule has 19 heavy (non-hydrogen) atoms. The van der Waals surface area contributed by atoms with Gasteiger partial charge in [0, 0.05) is 19.5 Å². The van der Waals surface area contributed by atoms with Gasteiger partial charge in [0.05, 0.1) is 0 Å². The first-order chi connectivity index (χ1) is 9.29. The zero-order valence-electron chi connectivity index (χ0n) is 11.5. The van der Waals surface area contributed by atoms with Gasteiger partial charge in [-0.1, -0.05) is 24.3 Å². The first-order valence-corrected chi connectivity index (χ1v) is 6.87. The van der Waals surface area contributed by atoms with E-state index in [9.17, 15) is 0 Å². The molecule has 0 bridgehead atoms. The molecule has 0 radical (unpaired) electrons. The second-order valence-corrected chi connectivity index (χ2v) is 5.27. The van der Waals surface area contributed by atoms with Crippen LogP contribution in [-0.2, 0) is 19.9 Å². The third kappa shape index (κ3) is 2.28. The fourth-order valence-electron chi connectivity index (χ4n) is 3.18. The molecule has 1 aliphatic carbocycles. The average molecular weight is 256 g/mol. The predicted molar refractivity (Wildman–Crippen MR) is 74.8 cm³/mol. The Morgan fingerprint density at radius 1 is 1.37 bits per heavy atom. The molecule has 0 fully saturated rings. The fraction of sp³-hybridized carbons (Fsp3) is 0.467. The Bertz CT molecular complexity index is 561. The number of nitrogens with one attached hydrogen (secondary N) is 1. The molecule has 1 aromatic carbocycles. The summed E-state index contributed by atoms with van der Waals surface area (Å²) in [5, 5.41) is 7.65. The summed E-state index contributed by atoms with van der Waals surface area (Å²) >= 11 is 0. The minimum absolute atomic E-state index is 0.418. The highest BCUT2D eigenvalue weighted by Crippen LogP contribution is 2.35. The van der Waals surface area contributed by atoms with Crippen molar-refractivity contribution < 1.29 is 0 Å². The molecule has 2 unspecified atom stereocenters. The van der Waals surface area contributed by atoms with E-state index in [0.717, 1.165) is 18.7 Å². The van der Waals surface area contributed by atoms with E-state index in [0.29, 0.717) is 12.0 Å². The zero-order chi connectivity index (χ0) is 13.2. The van der Waals surface area contributed by atoms with Crippen LogP contribution < -0.4 is 5.32 Å². The normalized spacial score (nSPS) is 22.2. The molecule has 4 nitrogen and oxygen atoms in total. The number of fused-ring (bicyclic) bond motifs is 1. The molecule has 0 amide bonds. The smallest absolute Gasteiger partial charge is 0.138 e. The van der Waals surface area contributed by atoms with Crippen molar-refractivity contribution in [3.8, 4) is 0 Å². The maximum Gasteiger partial charge on any atom is 0.138 e. The second kappa shape index (κ2) is 5.13. The van der Waals surface area contributed by atoms with Gasteiger partial charge in [-0.2, -0.15) is 5.10 Å². The maximum atomic E-state index is 4.36. The van der Waals surface area contributed by atoms with Gasteiger partial charge in [-0.3, -0.25) is 4.68 Å². The summed E-state index contributed by atoms with van der Waals surface area (Å²) in [6.07, 6.45) is 4.99. The minimum Gasteiger partial charge on any atom is -0.313 e. The molecule has 0 aliphatic heterocycles. The maximum absolute atomic E-state index is 4.36. The average Bonchev–Trinajstić information content (AvgIpc) is 2.84. The lowest BCUT2D eigenvalue weighted by molar-refractivity contribution is 0.326. The Morgan fingerprint density at radius 3 is 2.95 bits per heavy atom. The van der Waals surface area contributed by atoms with Crippen molar-refractivity contribution >= 4 is 0 Å². The van der Waals surface area contributed by atoms with E-state index in [1.165, 1.54) is 17.5 Å². The molecule has 1 aromatic heterocycles. The lowest BCUT2D eigenvalue weighted by Gasteiger charge is -2.33. The third-order valence-corrected chi connectivity index (χ3v) is 4.21. The molecule has 2 atom stereocenters. The highest BCUT2D eigenvalue weighted by Gasteiger charge is 2.29. The molecule has 0 saturated heterocycles. The number of benzene rings is 1. The summed E-state index contributed by atoms with van der Waals surface area (Å²) in [5.74, 6) is 1.66. The van der Waals surface area contributed by atoms with Gasteiger partial charge in [0.25, 0.3) is 0 Å². The number of nitrogens with zero attached hydrogens (tertiary/aromatic N) is 3. The minimum atomic E-state index is 0.418. The Kier molecular flexibility index (Phi) is 3.34. The number of aromatic nitrogens is 3. The molecule has 100 valence electrons. The molecular weight excluding hydrogens is 236 g/mol. The lowest BCUT2D eigenvalue weighted by atomic mass is 9.78. The SMILES string of the molecule is CNC1c2ccccc2CCC1Cc1ncnn1C. The van der Waals surface area contributed by atoms with Crippen LogP contribution in [0.25, 0.3) is 0 Å². The van der Waals surface area contributed by atoms with E-state index >= 15 is 0 Å². The lowest BCUT2D eigenvalue weighted by Crippen LogP contribution is -2.32. The highest BCUT2D eigenvalue weighted by atomic mass is 15.3. The Hall–Kier alpha value is -1.68. The monoisotopic (exact) mass is 256 g/mol. The molecule has 1 heterocycles. The van der Waals surface area contributed by atoms with Crippen LogP contribution in [0.15, 0.2) is 30.6 Å². The molecule has 1 N–H and O–H groups in total. The molecular formula is C15H20N4. The van der Waals surface area contributed by atoms with Gasteiger partial charge in [-0.15, -0.1) is 0 Å². The standard InChI is InChI=1S/C15H20N4/c1-16-15-12(9-14-17-10-18-19(14)2)8-7-11-5-3-4-6-13(11)15/h3-6,10,12,15-16H,7-9H2,1-2H3. The van der Waals surface area contributed by atoms with Crippen molar-refractivity contribution in [2.24, 2.45) is 13.0 Å². The van der Waals surface area contributed by atoms with Crippen LogP contribution >= 0.6 is 0 Å². The van der Waals surface area contributed by atoms with E-state index in [1.54, 1.807) is 6.33 Å². The fourth-order valence-corrected chi connectivity index (χ4v) is 3.18. The summed E-state index contributed by atoms with van der Waals surface area (Å²) in [4.78, 5) is 4.36. The van der Waals surface area contributed by atoms with E-state index in [2.05, 4.69) is 46.7 Å². The van der Waals surface area contributed by atoms with E-state index in [1.807, 2.05) is 11.7 Å². The van der Waals surface area contributed by atoms with Gasteiger partial charge in [-0.05, 0) is 36.9 Å². The van der Waals surface area contributed by atoms with Gasteiger partial charge in [0.1, 0.15) is 12.2 Å². The Balaban J connectivity index is 1.86. The summed E-state index contributed by atoms with van der Waals surface area (Å²) in [7, 11) is 4.02. The third-order valence-electron chi connectivity index (χ3n) is 4.21. The number of aryl methyl sites for hydroxylation is 2. The van der Waals surface area contributed by atoms with Crippen LogP contribution in [0, 0.1) is 5.92 Å². The van der Waals surface area contributed by atoms with Crippen molar-refractivity contribution in [3.05, 3.63) is 47.5 Å². The molecule has 2 aromatic rings. The number of hydrogen-bond acceptors (Lipinski definition) is 3. The summed E-state index contributed by atoms with van der Waals surface area (Å²) in [5.41, 5.74) is 2.93. The van der Waals surface area contributed by atoms with Crippen molar-refractivity contribution in [1.29, 1.82) is 0 Å². The largest absolute Gasteiger partial charge is 0.313 e. The van der Waals surface area contributed by atoms with Crippen LogP contribution in [0.3, 0.4) is 0 Å². The van der Waals surface area contributed by atoms with Crippen molar-refractivity contribution in [1.82, 2.24) is 20.1 Å². The first-order valence-electron chi connectivity index (χ1n) is 6.87. The van der Waals surface area contributed by atoms with E-state index in [-0.39, 0.29) is 0 Å². The van der Waals surface area contributed by atoms with Crippen molar-refractivity contribution in [3.63, 3.8) is 0 Å². The number of rotatable bonds is 3. The molecule has 1 aliphatic rings. The summed E-state index contributed by atoms with van der Waals surface area (Å²) < 4.78 is 1.88. The molecule has 4 heteroatoms.